The largest absolute Gasteiger partial charge is 0.486 e. The molecule has 4 heteroatoms. The molecule has 0 aliphatic rings. The van der Waals surface area contributed by atoms with Crippen molar-refractivity contribution in [2.24, 2.45) is 0 Å². The van der Waals surface area contributed by atoms with Gasteiger partial charge in [0.15, 0.2) is 11.6 Å². The van der Waals surface area contributed by atoms with E-state index in [0.29, 0.717) is 13.2 Å². The quantitative estimate of drug-likeness (QED) is 0.898. The van der Waals surface area contributed by atoms with Crippen molar-refractivity contribution in [3.63, 3.8) is 0 Å². The first-order chi connectivity index (χ1) is 9.10. The third-order valence-electron chi connectivity index (χ3n) is 2.89. The van der Waals surface area contributed by atoms with Gasteiger partial charge in [-0.2, -0.15) is 0 Å². The third-order valence-corrected chi connectivity index (χ3v) is 2.89. The normalized spacial score (nSPS) is 10.7. The molecular weight excluding hydrogens is 245 g/mol. The molecule has 0 amide bonds. The molecule has 0 aliphatic heterocycles. The predicted molar refractivity (Wildman–Crippen MR) is 71.7 cm³/mol. The molecule has 2 rings (SSSR count). The average Bonchev–Trinajstić information content (AvgIpc) is 2.71. The van der Waals surface area contributed by atoms with E-state index in [1.807, 2.05) is 27.0 Å². The van der Waals surface area contributed by atoms with E-state index in [0.717, 1.165) is 22.6 Å². The molecule has 1 heterocycles. The summed E-state index contributed by atoms with van der Waals surface area (Å²) < 4.78 is 24.6. The molecule has 0 unspecified atom stereocenters. The number of hydrogen-bond donors (Lipinski definition) is 1. The molecule has 3 nitrogen and oxygen atoms in total. The maximum Gasteiger partial charge on any atom is 0.165 e. The number of furan rings is 1. The molecular formula is C15H18FNO2. The topological polar surface area (TPSA) is 34.4 Å². The van der Waals surface area contributed by atoms with Crippen molar-refractivity contribution in [3.8, 4) is 5.75 Å². The number of rotatable bonds is 5. The molecule has 0 saturated heterocycles. The van der Waals surface area contributed by atoms with E-state index in [4.69, 9.17) is 9.15 Å². The molecule has 19 heavy (non-hydrogen) atoms. The Morgan fingerprint density at radius 3 is 2.79 bits per heavy atom. The Labute approximate surface area is 112 Å². The summed E-state index contributed by atoms with van der Waals surface area (Å²) >= 11 is 0. The fraction of sp³-hybridized carbons (Fsp3) is 0.333. The fourth-order valence-corrected chi connectivity index (χ4v) is 1.87. The molecule has 1 aromatic heterocycles. The van der Waals surface area contributed by atoms with Crippen molar-refractivity contribution in [2.45, 2.75) is 27.0 Å². The van der Waals surface area contributed by atoms with Gasteiger partial charge in [0.05, 0.1) is 6.54 Å². The summed E-state index contributed by atoms with van der Waals surface area (Å²) in [6.45, 7) is 4.75. The van der Waals surface area contributed by atoms with Crippen molar-refractivity contribution in [1.29, 1.82) is 0 Å². The van der Waals surface area contributed by atoms with Gasteiger partial charge in [-0.3, -0.25) is 0 Å². The van der Waals surface area contributed by atoms with Crippen LogP contribution in [0.3, 0.4) is 0 Å². The van der Waals surface area contributed by atoms with Gasteiger partial charge in [-0.15, -0.1) is 0 Å². The van der Waals surface area contributed by atoms with Gasteiger partial charge in [-0.05, 0) is 44.7 Å². The molecule has 0 fully saturated rings. The Hall–Kier alpha value is -1.81. The lowest BCUT2D eigenvalue weighted by Gasteiger charge is -2.07. The first-order valence-corrected chi connectivity index (χ1v) is 6.22. The van der Waals surface area contributed by atoms with Gasteiger partial charge in [0.2, 0.25) is 0 Å². The molecule has 0 aliphatic carbocycles. The maximum absolute atomic E-state index is 13.5. The summed E-state index contributed by atoms with van der Waals surface area (Å²) in [7, 11) is 1.86. The molecule has 1 aromatic carbocycles. The van der Waals surface area contributed by atoms with Crippen LogP contribution in [0.4, 0.5) is 4.39 Å². The minimum Gasteiger partial charge on any atom is -0.486 e. The highest BCUT2D eigenvalue weighted by atomic mass is 19.1. The standard InChI is InChI=1S/C15H18FNO2/c1-10-4-5-14(16)15(6-10)18-9-12-7-13(8-17-3)19-11(12)2/h4-7,17H,8-9H2,1-3H3. The summed E-state index contributed by atoms with van der Waals surface area (Å²) in [4.78, 5) is 0. The zero-order chi connectivity index (χ0) is 13.8. The smallest absolute Gasteiger partial charge is 0.165 e. The van der Waals surface area contributed by atoms with E-state index in [9.17, 15) is 4.39 Å². The van der Waals surface area contributed by atoms with Crippen LogP contribution >= 0.6 is 0 Å². The number of nitrogens with one attached hydrogen (secondary N) is 1. The van der Waals surface area contributed by atoms with E-state index in [2.05, 4.69) is 5.32 Å². The molecule has 2 aromatic rings. The van der Waals surface area contributed by atoms with Crippen LogP contribution in [-0.4, -0.2) is 7.05 Å². The zero-order valence-electron chi connectivity index (χ0n) is 11.4. The van der Waals surface area contributed by atoms with E-state index in [1.165, 1.54) is 6.07 Å². The number of aryl methyl sites for hydroxylation is 2. The number of benzene rings is 1. The first kappa shape index (κ1) is 13.6. The lowest BCUT2D eigenvalue weighted by atomic mass is 10.2. The summed E-state index contributed by atoms with van der Waals surface area (Å²) in [6, 6.07) is 6.76. The van der Waals surface area contributed by atoms with Gasteiger partial charge in [0, 0.05) is 5.56 Å². The lowest BCUT2D eigenvalue weighted by molar-refractivity contribution is 0.287. The third kappa shape index (κ3) is 3.35. The Morgan fingerprint density at radius 1 is 1.26 bits per heavy atom. The highest BCUT2D eigenvalue weighted by Crippen LogP contribution is 2.21. The van der Waals surface area contributed by atoms with Crippen LogP contribution in [0.5, 0.6) is 5.75 Å². The molecule has 0 saturated carbocycles. The van der Waals surface area contributed by atoms with Crippen LogP contribution < -0.4 is 10.1 Å². The molecule has 102 valence electrons. The van der Waals surface area contributed by atoms with Crippen molar-refractivity contribution in [2.75, 3.05) is 7.05 Å². The molecule has 0 spiro atoms. The van der Waals surface area contributed by atoms with Gasteiger partial charge in [0.25, 0.3) is 0 Å². The second-order valence-electron chi connectivity index (χ2n) is 4.55. The van der Waals surface area contributed by atoms with Crippen LogP contribution in [0.15, 0.2) is 28.7 Å². The number of ether oxygens (including phenoxy) is 1. The minimum absolute atomic E-state index is 0.274. The van der Waals surface area contributed by atoms with Gasteiger partial charge >= 0.3 is 0 Å². The molecule has 0 radical (unpaired) electrons. The van der Waals surface area contributed by atoms with Gasteiger partial charge in [-0.1, -0.05) is 6.07 Å². The summed E-state index contributed by atoms with van der Waals surface area (Å²) in [5, 5.41) is 3.02. The van der Waals surface area contributed by atoms with Crippen LogP contribution in [0.25, 0.3) is 0 Å². The Bertz CT molecular complexity index is 563. The fourth-order valence-electron chi connectivity index (χ4n) is 1.87. The number of halogens is 1. The highest BCUT2D eigenvalue weighted by molar-refractivity contribution is 5.30. The molecule has 0 bridgehead atoms. The Kier molecular flexibility index (Phi) is 4.22. The van der Waals surface area contributed by atoms with E-state index in [-0.39, 0.29) is 11.6 Å². The van der Waals surface area contributed by atoms with Gasteiger partial charge < -0.3 is 14.5 Å². The second-order valence-corrected chi connectivity index (χ2v) is 4.55. The molecule has 1 N–H and O–H groups in total. The monoisotopic (exact) mass is 263 g/mol. The van der Waals surface area contributed by atoms with Crippen molar-refractivity contribution in [1.82, 2.24) is 5.32 Å². The van der Waals surface area contributed by atoms with Crippen molar-refractivity contribution >= 4 is 0 Å². The van der Waals surface area contributed by atoms with Crippen molar-refractivity contribution in [3.05, 3.63) is 52.7 Å². The van der Waals surface area contributed by atoms with Crippen LogP contribution in [0.1, 0.15) is 22.6 Å². The van der Waals surface area contributed by atoms with E-state index >= 15 is 0 Å². The summed E-state index contributed by atoms with van der Waals surface area (Å²) in [5.41, 5.74) is 1.90. The Morgan fingerprint density at radius 2 is 2.05 bits per heavy atom. The van der Waals surface area contributed by atoms with Gasteiger partial charge in [0.1, 0.15) is 18.1 Å². The molecule has 0 atom stereocenters. The maximum atomic E-state index is 13.5. The summed E-state index contributed by atoms with van der Waals surface area (Å²) in [6.07, 6.45) is 0. The van der Waals surface area contributed by atoms with Gasteiger partial charge in [-0.25, -0.2) is 4.39 Å². The first-order valence-electron chi connectivity index (χ1n) is 6.22. The van der Waals surface area contributed by atoms with Crippen LogP contribution in [0.2, 0.25) is 0 Å². The van der Waals surface area contributed by atoms with E-state index in [1.54, 1.807) is 12.1 Å². The predicted octanol–water partition coefficient (Wildman–Crippen LogP) is 3.33. The van der Waals surface area contributed by atoms with E-state index < -0.39 is 0 Å². The van der Waals surface area contributed by atoms with Crippen LogP contribution in [0, 0.1) is 19.7 Å². The lowest BCUT2D eigenvalue weighted by Crippen LogP contribution is -2.03. The second kappa shape index (κ2) is 5.89. The average molecular weight is 263 g/mol. The highest BCUT2D eigenvalue weighted by Gasteiger charge is 2.09. The Balaban J connectivity index is 2.07. The van der Waals surface area contributed by atoms with Crippen molar-refractivity contribution < 1.29 is 13.5 Å². The summed E-state index contributed by atoms with van der Waals surface area (Å²) in [5.74, 6) is 1.58. The van der Waals surface area contributed by atoms with Crippen LogP contribution in [-0.2, 0) is 13.2 Å². The number of hydrogen-bond acceptors (Lipinski definition) is 3. The minimum atomic E-state index is -0.345. The zero-order valence-corrected chi connectivity index (χ0v) is 11.4. The SMILES string of the molecule is CNCc1cc(COc2cc(C)ccc2F)c(C)o1.